The monoisotopic (exact) mass is 429 g/mol. The summed E-state index contributed by atoms with van der Waals surface area (Å²) in [5.74, 6) is 3.70. The summed E-state index contributed by atoms with van der Waals surface area (Å²) >= 11 is 1.98. The van der Waals surface area contributed by atoms with Gasteiger partial charge in [-0.25, -0.2) is 0 Å². The molecule has 0 spiro atoms. The maximum Gasteiger partial charge on any atom is 0.191 e. The van der Waals surface area contributed by atoms with Crippen molar-refractivity contribution >= 4 is 41.7 Å². The molecule has 0 saturated carbocycles. The Hall–Kier alpha value is 0.270. The minimum Gasteiger partial charge on any atom is -0.381 e. The van der Waals surface area contributed by atoms with Crippen LogP contribution in [0.5, 0.6) is 0 Å². The van der Waals surface area contributed by atoms with Gasteiger partial charge in [0, 0.05) is 57.6 Å². The Labute approximate surface area is 149 Å². The molecule has 0 radical (unpaired) electrons. The van der Waals surface area contributed by atoms with E-state index in [0.717, 1.165) is 76.8 Å². The maximum atomic E-state index is 5.99. The van der Waals surface area contributed by atoms with Gasteiger partial charge < -0.3 is 20.1 Å². The van der Waals surface area contributed by atoms with Gasteiger partial charge in [0.15, 0.2) is 5.96 Å². The third-order valence-electron chi connectivity index (χ3n) is 3.75. The van der Waals surface area contributed by atoms with E-state index in [2.05, 4.69) is 9.89 Å². The summed E-state index contributed by atoms with van der Waals surface area (Å²) in [5.41, 5.74) is 5.99. The van der Waals surface area contributed by atoms with Crippen LogP contribution in [-0.2, 0) is 9.47 Å². The van der Waals surface area contributed by atoms with Crippen LogP contribution in [0.3, 0.4) is 0 Å². The van der Waals surface area contributed by atoms with Crippen molar-refractivity contribution in [2.24, 2.45) is 16.6 Å². The second-order valence-corrected chi connectivity index (χ2v) is 6.55. The first-order valence-electron chi connectivity index (χ1n) is 7.64. The number of aliphatic imine (C=N–C) groups is 1. The lowest BCUT2D eigenvalue weighted by atomic mass is 10.0. The van der Waals surface area contributed by atoms with Gasteiger partial charge in [-0.05, 0) is 25.2 Å². The van der Waals surface area contributed by atoms with Crippen LogP contribution >= 0.6 is 35.7 Å². The lowest BCUT2D eigenvalue weighted by Crippen LogP contribution is -2.42. The zero-order valence-corrected chi connectivity index (χ0v) is 15.8. The highest BCUT2D eigenvalue weighted by molar-refractivity contribution is 14.0. The van der Waals surface area contributed by atoms with Crippen LogP contribution in [0.15, 0.2) is 4.99 Å². The molecule has 0 atom stereocenters. The summed E-state index contributed by atoms with van der Waals surface area (Å²) < 4.78 is 11.1. The molecule has 124 valence electrons. The average molecular weight is 429 g/mol. The molecule has 2 fully saturated rings. The van der Waals surface area contributed by atoms with Crippen LogP contribution in [-0.4, -0.2) is 68.4 Å². The van der Waals surface area contributed by atoms with E-state index < -0.39 is 0 Å². The number of hydrogen-bond donors (Lipinski definition) is 1. The van der Waals surface area contributed by atoms with Gasteiger partial charge in [0.1, 0.15) is 0 Å². The number of guanidine groups is 1. The predicted molar refractivity (Wildman–Crippen MR) is 99.8 cm³/mol. The van der Waals surface area contributed by atoms with Gasteiger partial charge in [0.25, 0.3) is 0 Å². The van der Waals surface area contributed by atoms with E-state index in [1.807, 2.05) is 11.8 Å². The Kier molecular flexibility index (Phi) is 10.8. The first kappa shape index (κ1) is 19.3. The summed E-state index contributed by atoms with van der Waals surface area (Å²) in [5, 5.41) is 0. The second-order valence-electron chi connectivity index (χ2n) is 5.32. The van der Waals surface area contributed by atoms with Gasteiger partial charge in [-0.3, -0.25) is 4.99 Å². The quantitative estimate of drug-likeness (QED) is 0.302. The Morgan fingerprint density at radius 2 is 2.00 bits per heavy atom. The highest BCUT2D eigenvalue weighted by Gasteiger charge is 2.13. The lowest BCUT2D eigenvalue weighted by Gasteiger charge is -2.27. The first-order chi connectivity index (χ1) is 9.86. The van der Waals surface area contributed by atoms with Crippen LogP contribution < -0.4 is 5.73 Å². The fourth-order valence-corrected chi connectivity index (χ4v) is 3.32. The fraction of sp³-hybridized carbons (Fsp3) is 0.929. The molecule has 2 heterocycles. The highest BCUT2D eigenvalue weighted by Crippen LogP contribution is 2.14. The Balaban J connectivity index is 0.00000220. The molecular formula is C14H28IN3O2S. The van der Waals surface area contributed by atoms with Crippen LogP contribution in [0.1, 0.15) is 19.3 Å². The van der Waals surface area contributed by atoms with Crippen LogP contribution in [0.2, 0.25) is 0 Å². The Morgan fingerprint density at radius 1 is 1.29 bits per heavy atom. The van der Waals surface area contributed by atoms with Crippen molar-refractivity contribution in [2.75, 3.05) is 57.6 Å². The summed E-state index contributed by atoms with van der Waals surface area (Å²) in [6, 6.07) is 0. The van der Waals surface area contributed by atoms with E-state index in [0.29, 0.717) is 11.9 Å². The third-order valence-corrected chi connectivity index (χ3v) is 4.69. The highest BCUT2D eigenvalue weighted by atomic mass is 127. The van der Waals surface area contributed by atoms with Gasteiger partial charge in [-0.2, -0.15) is 11.8 Å². The Bertz CT molecular complexity index is 296. The van der Waals surface area contributed by atoms with E-state index in [4.69, 9.17) is 15.2 Å². The summed E-state index contributed by atoms with van der Waals surface area (Å²) in [6.07, 6.45) is 3.22. The molecule has 2 N–H and O–H groups in total. The van der Waals surface area contributed by atoms with Gasteiger partial charge in [0.2, 0.25) is 0 Å². The molecule has 2 aliphatic rings. The molecule has 5 nitrogen and oxygen atoms in total. The molecule has 0 bridgehead atoms. The van der Waals surface area contributed by atoms with Crippen molar-refractivity contribution in [2.45, 2.75) is 19.3 Å². The third kappa shape index (κ3) is 7.90. The molecule has 0 unspecified atom stereocenters. The van der Waals surface area contributed by atoms with Crippen molar-refractivity contribution < 1.29 is 9.47 Å². The molecule has 21 heavy (non-hydrogen) atoms. The number of thioether (sulfide) groups is 1. The van der Waals surface area contributed by atoms with E-state index in [1.54, 1.807) is 0 Å². The number of hydrogen-bond acceptors (Lipinski definition) is 4. The summed E-state index contributed by atoms with van der Waals surface area (Å²) in [6.45, 7) is 6.26. The van der Waals surface area contributed by atoms with Crippen molar-refractivity contribution in [3.05, 3.63) is 0 Å². The second kappa shape index (κ2) is 11.8. The number of ether oxygens (including phenoxy) is 2. The van der Waals surface area contributed by atoms with Crippen molar-refractivity contribution in [1.29, 1.82) is 0 Å². The molecule has 0 amide bonds. The summed E-state index contributed by atoms with van der Waals surface area (Å²) in [4.78, 5) is 6.62. The molecular weight excluding hydrogens is 401 g/mol. The smallest absolute Gasteiger partial charge is 0.191 e. The SMILES string of the molecule is I.NC(=NCCCOCC1CCOCC1)N1CCSCC1. The summed E-state index contributed by atoms with van der Waals surface area (Å²) in [7, 11) is 0. The maximum absolute atomic E-state index is 5.99. The standard InChI is InChI=1S/C14H27N3O2S.HI/c15-14(17-5-10-20-11-6-17)16-4-1-7-19-12-13-2-8-18-9-3-13;/h13H,1-12H2,(H2,15,16);1H. The largest absolute Gasteiger partial charge is 0.381 e. The molecule has 2 aliphatic heterocycles. The van der Waals surface area contributed by atoms with Gasteiger partial charge in [0.05, 0.1) is 0 Å². The first-order valence-corrected chi connectivity index (χ1v) is 8.80. The molecule has 7 heteroatoms. The topological polar surface area (TPSA) is 60.1 Å². The van der Waals surface area contributed by atoms with Gasteiger partial charge >= 0.3 is 0 Å². The zero-order valence-electron chi connectivity index (χ0n) is 12.7. The van der Waals surface area contributed by atoms with Crippen LogP contribution in [0.25, 0.3) is 0 Å². The molecule has 2 rings (SSSR count). The zero-order chi connectivity index (χ0) is 14.0. The molecule has 0 aromatic rings. The lowest BCUT2D eigenvalue weighted by molar-refractivity contribution is 0.0205. The molecule has 0 aromatic heterocycles. The Morgan fingerprint density at radius 3 is 2.71 bits per heavy atom. The average Bonchev–Trinajstić information content (AvgIpc) is 2.52. The molecule has 2 saturated heterocycles. The van der Waals surface area contributed by atoms with E-state index in [1.165, 1.54) is 0 Å². The van der Waals surface area contributed by atoms with E-state index in [-0.39, 0.29) is 24.0 Å². The number of halogens is 1. The van der Waals surface area contributed by atoms with Crippen LogP contribution in [0, 0.1) is 5.92 Å². The van der Waals surface area contributed by atoms with Crippen molar-refractivity contribution in [1.82, 2.24) is 4.90 Å². The van der Waals surface area contributed by atoms with Gasteiger partial charge in [-0.1, -0.05) is 0 Å². The fourth-order valence-electron chi connectivity index (χ4n) is 2.42. The van der Waals surface area contributed by atoms with E-state index in [9.17, 15) is 0 Å². The predicted octanol–water partition coefficient (Wildman–Crippen LogP) is 1.80. The molecule has 0 aromatic carbocycles. The molecule has 0 aliphatic carbocycles. The number of rotatable bonds is 6. The number of nitrogens with zero attached hydrogens (tertiary/aromatic N) is 2. The normalized spacial score (nSPS) is 21.1. The number of nitrogens with two attached hydrogens (primary N) is 1. The minimum atomic E-state index is 0. The van der Waals surface area contributed by atoms with Crippen molar-refractivity contribution in [3.8, 4) is 0 Å². The van der Waals surface area contributed by atoms with Crippen LogP contribution in [0.4, 0.5) is 0 Å². The van der Waals surface area contributed by atoms with Crippen molar-refractivity contribution in [3.63, 3.8) is 0 Å². The van der Waals surface area contributed by atoms with Gasteiger partial charge in [-0.15, -0.1) is 24.0 Å². The van der Waals surface area contributed by atoms with E-state index >= 15 is 0 Å². The minimum absolute atomic E-state index is 0.